The van der Waals surface area contributed by atoms with Crippen LogP contribution in [0.25, 0.3) is 0 Å². The van der Waals surface area contributed by atoms with E-state index < -0.39 is 6.10 Å². The Bertz CT molecular complexity index is 581. The molecule has 2 aromatic carbocycles. The van der Waals surface area contributed by atoms with Crippen LogP contribution in [0.5, 0.6) is 0 Å². The quantitative estimate of drug-likeness (QED) is 0.894. The fourth-order valence-corrected chi connectivity index (χ4v) is 3.08. The lowest BCUT2D eigenvalue weighted by Gasteiger charge is -2.25. The van der Waals surface area contributed by atoms with Crippen molar-refractivity contribution in [2.45, 2.75) is 18.9 Å². The Labute approximate surface area is 129 Å². The molecule has 2 rings (SSSR count). The average Bonchev–Trinajstić information content (AvgIpc) is 2.43. The molecule has 0 heterocycles. The zero-order chi connectivity index (χ0) is 14.7. The van der Waals surface area contributed by atoms with E-state index in [0.717, 1.165) is 11.1 Å². The van der Waals surface area contributed by atoms with E-state index in [0.29, 0.717) is 15.6 Å². The van der Waals surface area contributed by atoms with E-state index >= 15 is 0 Å². The lowest BCUT2D eigenvalue weighted by molar-refractivity contribution is 0.147. The number of benzene rings is 2. The Kier molecular flexibility index (Phi) is 5.06. The molecule has 0 aliphatic heterocycles. The highest BCUT2D eigenvalue weighted by Gasteiger charge is 2.26. The average molecular weight is 310 g/mol. The molecule has 2 aromatic rings. The van der Waals surface area contributed by atoms with Crippen LogP contribution in [0.15, 0.2) is 42.5 Å². The van der Waals surface area contributed by atoms with E-state index in [1.807, 2.05) is 31.2 Å². The van der Waals surface area contributed by atoms with Crippen molar-refractivity contribution in [3.8, 4) is 0 Å². The molecule has 2 atom stereocenters. The van der Waals surface area contributed by atoms with Crippen molar-refractivity contribution < 1.29 is 5.11 Å². The topological polar surface area (TPSA) is 46.2 Å². The number of rotatable bonds is 4. The Morgan fingerprint density at radius 2 is 1.65 bits per heavy atom. The Hall–Kier alpha value is -1.06. The van der Waals surface area contributed by atoms with Crippen LogP contribution in [0.4, 0.5) is 0 Å². The maximum atomic E-state index is 10.7. The van der Waals surface area contributed by atoms with Gasteiger partial charge in [0.15, 0.2) is 0 Å². The highest BCUT2D eigenvalue weighted by atomic mass is 35.5. The van der Waals surface area contributed by atoms with Crippen molar-refractivity contribution in [2.24, 2.45) is 5.73 Å². The molecule has 2 unspecified atom stereocenters. The summed E-state index contributed by atoms with van der Waals surface area (Å²) in [7, 11) is 0. The van der Waals surface area contributed by atoms with Gasteiger partial charge in [-0.15, -0.1) is 0 Å². The fourth-order valence-electron chi connectivity index (χ4n) is 2.40. The van der Waals surface area contributed by atoms with Gasteiger partial charge in [-0.2, -0.15) is 0 Å². The summed E-state index contributed by atoms with van der Waals surface area (Å²) in [5, 5.41) is 11.7. The Morgan fingerprint density at radius 3 is 2.20 bits per heavy atom. The smallest absolute Gasteiger partial charge is 0.0874 e. The first-order valence-corrected chi connectivity index (χ1v) is 7.19. The second-order valence-electron chi connectivity index (χ2n) is 4.78. The summed E-state index contributed by atoms with van der Waals surface area (Å²) in [6.07, 6.45) is -0.737. The third-order valence-electron chi connectivity index (χ3n) is 3.51. The molecule has 0 bridgehead atoms. The second-order valence-corrected chi connectivity index (χ2v) is 5.59. The van der Waals surface area contributed by atoms with Gasteiger partial charge in [0.25, 0.3) is 0 Å². The monoisotopic (exact) mass is 309 g/mol. The molecule has 20 heavy (non-hydrogen) atoms. The molecule has 0 aliphatic carbocycles. The first kappa shape index (κ1) is 15.3. The maximum Gasteiger partial charge on any atom is 0.0874 e. The first-order chi connectivity index (χ1) is 9.56. The van der Waals surface area contributed by atoms with Crippen LogP contribution >= 0.6 is 23.2 Å². The summed E-state index contributed by atoms with van der Waals surface area (Å²) in [6.45, 7) is 2.22. The first-order valence-electron chi connectivity index (χ1n) is 6.43. The van der Waals surface area contributed by atoms with Gasteiger partial charge in [-0.3, -0.25) is 0 Å². The number of aryl methyl sites for hydroxylation is 1. The largest absolute Gasteiger partial charge is 0.388 e. The van der Waals surface area contributed by atoms with Crippen LogP contribution in [0.2, 0.25) is 10.0 Å². The van der Waals surface area contributed by atoms with Gasteiger partial charge in [0, 0.05) is 22.5 Å². The summed E-state index contributed by atoms with van der Waals surface area (Å²) in [4.78, 5) is 0. The molecule has 0 amide bonds. The van der Waals surface area contributed by atoms with Crippen LogP contribution in [0, 0.1) is 6.92 Å². The number of hydrogen-bond acceptors (Lipinski definition) is 2. The summed E-state index contributed by atoms with van der Waals surface area (Å²) in [6, 6.07) is 13.0. The third-order valence-corrected chi connectivity index (χ3v) is 4.17. The van der Waals surface area contributed by atoms with Gasteiger partial charge in [-0.25, -0.2) is 0 Å². The summed E-state index contributed by atoms with van der Waals surface area (Å²) < 4.78 is 0. The number of aliphatic hydroxyl groups is 1. The highest BCUT2D eigenvalue weighted by molar-refractivity contribution is 6.36. The minimum Gasteiger partial charge on any atom is -0.388 e. The van der Waals surface area contributed by atoms with E-state index in [1.54, 1.807) is 18.2 Å². The van der Waals surface area contributed by atoms with E-state index in [1.165, 1.54) is 0 Å². The minimum atomic E-state index is -0.737. The van der Waals surface area contributed by atoms with Crippen LogP contribution in [-0.2, 0) is 0 Å². The van der Waals surface area contributed by atoms with E-state index in [9.17, 15) is 5.11 Å². The van der Waals surface area contributed by atoms with Crippen LogP contribution in [0.1, 0.15) is 28.7 Å². The standard InChI is InChI=1S/C16H17Cl2NO/c1-10-5-2-3-6-11(10)16(20)12(9-19)15-13(17)7-4-8-14(15)18/h2-8,12,16,20H,9,19H2,1H3. The Balaban J connectivity index is 2.45. The van der Waals surface area contributed by atoms with Gasteiger partial charge in [-0.1, -0.05) is 53.5 Å². The van der Waals surface area contributed by atoms with Crippen molar-refractivity contribution in [3.05, 3.63) is 69.2 Å². The molecular weight excluding hydrogens is 293 g/mol. The summed E-state index contributed by atoms with van der Waals surface area (Å²) in [5.41, 5.74) is 8.42. The zero-order valence-corrected chi connectivity index (χ0v) is 12.7. The number of halogens is 2. The summed E-state index contributed by atoms with van der Waals surface area (Å²) in [5.74, 6) is -0.336. The zero-order valence-electron chi connectivity index (χ0n) is 11.2. The molecule has 106 valence electrons. The third kappa shape index (κ3) is 2.99. The molecule has 0 aromatic heterocycles. The van der Waals surface area contributed by atoms with Gasteiger partial charge < -0.3 is 10.8 Å². The molecule has 0 fully saturated rings. The van der Waals surface area contributed by atoms with Crippen molar-refractivity contribution in [1.82, 2.24) is 0 Å². The molecular formula is C16H17Cl2NO. The SMILES string of the molecule is Cc1ccccc1C(O)C(CN)c1c(Cl)cccc1Cl. The van der Waals surface area contributed by atoms with Gasteiger partial charge in [-0.05, 0) is 35.7 Å². The van der Waals surface area contributed by atoms with Gasteiger partial charge in [0.2, 0.25) is 0 Å². The highest BCUT2D eigenvalue weighted by Crippen LogP contribution is 2.38. The lowest BCUT2D eigenvalue weighted by atomic mass is 9.87. The van der Waals surface area contributed by atoms with Gasteiger partial charge >= 0.3 is 0 Å². The molecule has 0 radical (unpaired) electrons. The van der Waals surface area contributed by atoms with Crippen molar-refractivity contribution in [2.75, 3.05) is 6.54 Å². The van der Waals surface area contributed by atoms with Crippen molar-refractivity contribution >= 4 is 23.2 Å². The number of nitrogens with two attached hydrogens (primary N) is 1. The van der Waals surface area contributed by atoms with E-state index in [4.69, 9.17) is 28.9 Å². The number of hydrogen-bond donors (Lipinski definition) is 2. The molecule has 2 nitrogen and oxygen atoms in total. The predicted octanol–water partition coefficient (Wildman–Crippen LogP) is 4.08. The molecule has 0 spiro atoms. The lowest BCUT2D eigenvalue weighted by Crippen LogP contribution is -2.21. The van der Waals surface area contributed by atoms with Gasteiger partial charge in [0.1, 0.15) is 0 Å². The van der Waals surface area contributed by atoms with Crippen LogP contribution < -0.4 is 5.73 Å². The van der Waals surface area contributed by atoms with Crippen molar-refractivity contribution in [3.63, 3.8) is 0 Å². The van der Waals surface area contributed by atoms with Crippen LogP contribution in [0.3, 0.4) is 0 Å². The fraction of sp³-hybridized carbons (Fsp3) is 0.250. The summed E-state index contributed by atoms with van der Waals surface area (Å²) >= 11 is 12.4. The second kappa shape index (κ2) is 6.59. The molecule has 0 saturated heterocycles. The minimum absolute atomic E-state index is 0.263. The van der Waals surface area contributed by atoms with E-state index in [-0.39, 0.29) is 12.5 Å². The van der Waals surface area contributed by atoms with Crippen LogP contribution in [-0.4, -0.2) is 11.7 Å². The molecule has 0 aliphatic rings. The molecule has 4 heteroatoms. The molecule has 3 N–H and O–H groups in total. The number of aliphatic hydroxyl groups excluding tert-OH is 1. The molecule has 0 saturated carbocycles. The van der Waals surface area contributed by atoms with E-state index in [2.05, 4.69) is 0 Å². The maximum absolute atomic E-state index is 10.7. The predicted molar refractivity (Wildman–Crippen MR) is 84.4 cm³/mol. The normalized spacial score (nSPS) is 14.1. The Morgan fingerprint density at radius 1 is 1.05 bits per heavy atom. The van der Waals surface area contributed by atoms with Gasteiger partial charge in [0.05, 0.1) is 6.10 Å². The van der Waals surface area contributed by atoms with Crippen molar-refractivity contribution in [1.29, 1.82) is 0 Å².